The highest BCUT2D eigenvalue weighted by Crippen LogP contribution is 1.86. The molecule has 2 nitrogen and oxygen atoms in total. The molecule has 0 aliphatic heterocycles. The van der Waals surface area contributed by atoms with Gasteiger partial charge in [0.25, 0.3) is 0 Å². The lowest BCUT2D eigenvalue weighted by atomic mass is 10.4. The van der Waals surface area contributed by atoms with Crippen molar-refractivity contribution in [2.45, 2.75) is 62.3 Å². The molecule has 122 valence electrons. The number of hydrogen-bond acceptors (Lipinski definition) is 2. The van der Waals surface area contributed by atoms with Crippen LogP contribution in [0.25, 0.3) is 0 Å². The first-order valence-corrected chi connectivity index (χ1v) is 6.95. The third-order valence-electron chi connectivity index (χ3n) is 1.38. The standard InChI is InChI=1S/C6H7N.C5H5N.2C3H8.2CH4/c1-6-4-2-3-5-7-6;1-2-4-6-5-3-1;2*1-3-2;;/h2-5H,1H3;1-5H;2*3H2,1-2H3;2*1H4. The average Bonchev–Trinajstić information content (AvgIpc) is 2.44. The fourth-order valence-electron chi connectivity index (χ4n) is 0.761. The highest BCUT2D eigenvalue weighted by atomic mass is 14.6. The topological polar surface area (TPSA) is 25.8 Å². The zero-order valence-corrected chi connectivity index (χ0v) is 13.0. The van der Waals surface area contributed by atoms with Gasteiger partial charge in [-0.05, 0) is 31.2 Å². The molecule has 0 aliphatic carbocycles. The Labute approximate surface area is 133 Å². The van der Waals surface area contributed by atoms with Crippen LogP contribution < -0.4 is 0 Å². The second-order valence-corrected chi connectivity index (χ2v) is 3.91. The number of hydrogen-bond donors (Lipinski definition) is 0. The van der Waals surface area contributed by atoms with Crippen molar-refractivity contribution in [1.29, 1.82) is 0 Å². The Balaban J connectivity index is -0.0000000954. The number of aryl methyl sites for hydroxylation is 1. The summed E-state index contributed by atoms with van der Waals surface area (Å²) in [7, 11) is 0. The molecule has 2 aromatic rings. The molecule has 2 aromatic heterocycles. The second kappa shape index (κ2) is 26.8. The maximum Gasteiger partial charge on any atom is 0.0372 e. The van der Waals surface area contributed by atoms with Crippen LogP contribution in [0.2, 0.25) is 0 Å². The molecule has 0 saturated carbocycles. The van der Waals surface area contributed by atoms with Crippen molar-refractivity contribution >= 4 is 0 Å². The summed E-state index contributed by atoms with van der Waals surface area (Å²) in [5, 5.41) is 0. The first kappa shape index (κ1) is 27.6. The summed E-state index contributed by atoms with van der Waals surface area (Å²) in [6, 6.07) is 11.6. The van der Waals surface area contributed by atoms with Crippen LogP contribution >= 0.6 is 0 Å². The van der Waals surface area contributed by atoms with E-state index in [1.54, 1.807) is 18.6 Å². The van der Waals surface area contributed by atoms with E-state index < -0.39 is 0 Å². The van der Waals surface area contributed by atoms with Crippen LogP contribution in [0.1, 0.15) is 61.1 Å². The van der Waals surface area contributed by atoms with Crippen LogP contribution in [0.3, 0.4) is 0 Å². The third-order valence-corrected chi connectivity index (χ3v) is 1.38. The van der Waals surface area contributed by atoms with Crippen LogP contribution in [0.5, 0.6) is 0 Å². The van der Waals surface area contributed by atoms with E-state index in [2.05, 4.69) is 37.7 Å². The summed E-state index contributed by atoms with van der Waals surface area (Å²) in [6.45, 7) is 10.5. The summed E-state index contributed by atoms with van der Waals surface area (Å²) < 4.78 is 0. The summed E-state index contributed by atoms with van der Waals surface area (Å²) in [4.78, 5) is 7.76. The van der Waals surface area contributed by atoms with Gasteiger partial charge in [-0.1, -0.05) is 67.5 Å². The van der Waals surface area contributed by atoms with E-state index in [4.69, 9.17) is 0 Å². The molecule has 0 N–H and O–H groups in total. The first-order chi connectivity index (χ1) is 9.22. The first-order valence-electron chi connectivity index (χ1n) is 6.95. The molecule has 2 rings (SSSR count). The highest BCUT2D eigenvalue weighted by Gasteiger charge is 1.73. The smallest absolute Gasteiger partial charge is 0.0372 e. The van der Waals surface area contributed by atoms with Gasteiger partial charge in [-0.15, -0.1) is 0 Å². The Bertz CT molecular complexity index is 304. The third kappa shape index (κ3) is 32.1. The lowest BCUT2D eigenvalue weighted by Crippen LogP contribution is -1.72. The largest absolute Gasteiger partial charge is 0.265 e. The van der Waals surface area contributed by atoms with Crippen molar-refractivity contribution in [2.24, 2.45) is 0 Å². The number of pyridine rings is 2. The van der Waals surface area contributed by atoms with Gasteiger partial charge >= 0.3 is 0 Å². The maximum absolute atomic E-state index is 3.98. The van der Waals surface area contributed by atoms with Gasteiger partial charge in [0.1, 0.15) is 0 Å². The van der Waals surface area contributed by atoms with Crippen molar-refractivity contribution in [3.05, 3.63) is 60.7 Å². The molecule has 0 amide bonds. The van der Waals surface area contributed by atoms with E-state index in [0.29, 0.717) is 0 Å². The highest BCUT2D eigenvalue weighted by molar-refractivity contribution is 4.99. The van der Waals surface area contributed by atoms with Gasteiger partial charge in [-0.2, -0.15) is 0 Å². The van der Waals surface area contributed by atoms with Gasteiger partial charge in [0.2, 0.25) is 0 Å². The van der Waals surface area contributed by atoms with E-state index in [0.717, 1.165) is 5.69 Å². The molecule has 0 aromatic carbocycles. The Morgan fingerprint density at radius 3 is 1.29 bits per heavy atom. The van der Waals surface area contributed by atoms with Crippen molar-refractivity contribution in [3.63, 3.8) is 0 Å². The second-order valence-electron chi connectivity index (χ2n) is 3.91. The summed E-state index contributed by atoms with van der Waals surface area (Å²) >= 11 is 0. The minimum atomic E-state index is 0. The summed E-state index contributed by atoms with van der Waals surface area (Å²) in [5.41, 5.74) is 1.07. The van der Waals surface area contributed by atoms with E-state index in [1.807, 2.05) is 43.3 Å². The van der Waals surface area contributed by atoms with Crippen molar-refractivity contribution in [2.75, 3.05) is 0 Å². The summed E-state index contributed by atoms with van der Waals surface area (Å²) in [6.07, 6.45) is 7.79. The Kier molecular flexibility index (Phi) is 35.2. The van der Waals surface area contributed by atoms with Gasteiger partial charge in [-0.25, -0.2) is 0 Å². The average molecular weight is 293 g/mol. The molecule has 21 heavy (non-hydrogen) atoms. The van der Waals surface area contributed by atoms with Gasteiger partial charge in [0.05, 0.1) is 0 Å². The number of nitrogens with zero attached hydrogens (tertiary/aromatic N) is 2. The molecule has 0 bridgehead atoms. The fourth-order valence-corrected chi connectivity index (χ4v) is 0.761. The van der Waals surface area contributed by atoms with E-state index in [1.165, 1.54) is 12.8 Å². The Hall–Kier alpha value is -1.70. The predicted octanol–water partition coefficient (Wildman–Crippen LogP) is 6.58. The molecule has 0 spiro atoms. The van der Waals surface area contributed by atoms with Crippen molar-refractivity contribution in [1.82, 2.24) is 9.97 Å². The van der Waals surface area contributed by atoms with Crippen LogP contribution in [0.4, 0.5) is 0 Å². The van der Waals surface area contributed by atoms with Gasteiger partial charge in [0.15, 0.2) is 0 Å². The Morgan fingerprint density at radius 2 is 1.14 bits per heavy atom. The zero-order valence-electron chi connectivity index (χ0n) is 13.0. The van der Waals surface area contributed by atoms with Crippen LogP contribution in [0.15, 0.2) is 55.0 Å². The zero-order chi connectivity index (χ0) is 14.8. The Morgan fingerprint density at radius 1 is 0.714 bits per heavy atom. The van der Waals surface area contributed by atoms with E-state index >= 15 is 0 Å². The van der Waals surface area contributed by atoms with Gasteiger partial charge in [-0.3, -0.25) is 9.97 Å². The normalized spacial score (nSPS) is 6.90. The minimum absolute atomic E-state index is 0. The van der Waals surface area contributed by atoms with E-state index in [9.17, 15) is 0 Å². The van der Waals surface area contributed by atoms with Crippen LogP contribution in [-0.4, -0.2) is 9.97 Å². The van der Waals surface area contributed by atoms with Crippen molar-refractivity contribution < 1.29 is 0 Å². The molecule has 0 atom stereocenters. The monoisotopic (exact) mass is 292 g/mol. The molecule has 0 aliphatic rings. The van der Waals surface area contributed by atoms with Crippen molar-refractivity contribution in [3.8, 4) is 0 Å². The van der Waals surface area contributed by atoms with Crippen LogP contribution in [0, 0.1) is 6.92 Å². The molecule has 2 heteroatoms. The summed E-state index contributed by atoms with van der Waals surface area (Å²) in [5.74, 6) is 0. The fraction of sp³-hybridized carbons (Fsp3) is 0.474. The molecule has 0 fully saturated rings. The molecular weight excluding hydrogens is 256 g/mol. The van der Waals surface area contributed by atoms with Crippen LogP contribution in [-0.2, 0) is 0 Å². The number of aromatic nitrogens is 2. The predicted molar refractivity (Wildman–Crippen MR) is 98.6 cm³/mol. The number of rotatable bonds is 0. The molecule has 0 radical (unpaired) electrons. The quantitative estimate of drug-likeness (QED) is 0.548. The molecule has 0 saturated heterocycles. The minimum Gasteiger partial charge on any atom is -0.265 e. The van der Waals surface area contributed by atoms with Gasteiger partial charge in [0, 0.05) is 24.3 Å². The molecular formula is C19H36N2. The maximum atomic E-state index is 3.98. The molecule has 2 heterocycles. The lowest BCUT2D eigenvalue weighted by molar-refractivity contribution is 1.09. The lowest BCUT2D eigenvalue weighted by Gasteiger charge is -1.82. The SMILES string of the molecule is C.C.CCC.CCC.Cc1ccccn1.c1ccncc1. The van der Waals surface area contributed by atoms with Gasteiger partial charge < -0.3 is 0 Å². The molecule has 0 unspecified atom stereocenters. The van der Waals surface area contributed by atoms with E-state index in [-0.39, 0.29) is 14.9 Å².